The second-order valence-corrected chi connectivity index (χ2v) is 7.91. The molecule has 29 heavy (non-hydrogen) atoms. The predicted molar refractivity (Wildman–Crippen MR) is 108 cm³/mol. The first-order valence-corrected chi connectivity index (χ1v) is 10.3. The number of alkyl halides is 1. The zero-order valence-corrected chi connectivity index (χ0v) is 16.5. The monoisotopic (exact) mass is 398 g/mol. The SMILES string of the molecule is O=C(c1ccc(OCCF)nc1)C1CCN([C@@H]2Cc3ccccc3C[C@H]2O)CC1. The molecule has 2 heterocycles. The van der Waals surface area contributed by atoms with Crippen molar-refractivity contribution in [3.05, 3.63) is 59.3 Å². The van der Waals surface area contributed by atoms with Crippen LogP contribution in [0.25, 0.3) is 0 Å². The van der Waals surface area contributed by atoms with Gasteiger partial charge in [-0.25, -0.2) is 9.37 Å². The molecule has 154 valence electrons. The van der Waals surface area contributed by atoms with Gasteiger partial charge in [0.25, 0.3) is 0 Å². The zero-order chi connectivity index (χ0) is 20.2. The normalized spacial score (nSPS) is 22.8. The molecule has 1 aliphatic carbocycles. The molecule has 2 atom stereocenters. The Hall–Kier alpha value is -2.31. The Morgan fingerprint density at radius 3 is 2.52 bits per heavy atom. The van der Waals surface area contributed by atoms with Gasteiger partial charge in [-0.1, -0.05) is 24.3 Å². The van der Waals surface area contributed by atoms with E-state index in [-0.39, 0.29) is 30.5 Å². The van der Waals surface area contributed by atoms with E-state index in [0.29, 0.717) is 17.9 Å². The van der Waals surface area contributed by atoms with Crippen LogP contribution in [0.1, 0.15) is 34.3 Å². The van der Waals surface area contributed by atoms with Crippen LogP contribution >= 0.6 is 0 Å². The summed E-state index contributed by atoms with van der Waals surface area (Å²) in [5.41, 5.74) is 3.14. The summed E-state index contributed by atoms with van der Waals surface area (Å²) in [6, 6.07) is 11.8. The molecular weight excluding hydrogens is 371 g/mol. The number of Topliss-reactive ketones (excluding diaryl/α,β-unsaturated/α-hetero) is 1. The maximum Gasteiger partial charge on any atom is 0.213 e. The zero-order valence-electron chi connectivity index (χ0n) is 16.5. The number of pyridine rings is 1. The smallest absolute Gasteiger partial charge is 0.213 e. The highest BCUT2D eigenvalue weighted by Gasteiger charge is 2.35. The Morgan fingerprint density at radius 2 is 1.86 bits per heavy atom. The summed E-state index contributed by atoms with van der Waals surface area (Å²) in [4.78, 5) is 19.3. The second-order valence-electron chi connectivity index (χ2n) is 7.91. The third-order valence-corrected chi connectivity index (χ3v) is 6.14. The highest BCUT2D eigenvalue weighted by Crippen LogP contribution is 2.29. The number of hydrogen-bond acceptors (Lipinski definition) is 5. The lowest BCUT2D eigenvalue weighted by Gasteiger charge is -2.41. The summed E-state index contributed by atoms with van der Waals surface area (Å²) in [6.07, 6.45) is 4.28. The molecule has 6 heteroatoms. The summed E-state index contributed by atoms with van der Waals surface area (Å²) < 4.78 is 17.3. The number of halogens is 1. The van der Waals surface area contributed by atoms with Crippen LogP contribution in [0.15, 0.2) is 42.6 Å². The first-order valence-electron chi connectivity index (χ1n) is 10.3. The minimum Gasteiger partial charge on any atom is -0.475 e. The summed E-state index contributed by atoms with van der Waals surface area (Å²) in [7, 11) is 0. The van der Waals surface area contributed by atoms with E-state index in [9.17, 15) is 14.3 Å². The molecule has 4 rings (SSSR count). The third-order valence-electron chi connectivity index (χ3n) is 6.14. The fraction of sp³-hybridized carbons (Fsp3) is 0.478. The molecule has 0 saturated carbocycles. The average Bonchev–Trinajstić information content (AvgIpc) is 2.77. The van der Waals surface area contributed by atoms with Crippen molar-refractivity contribution in [1.29, 1.82) is 0 Å². The van der Waals surface area contributed by atoms with Gasteiger partial charge in [0.05, 0.1) is 6.10 Å². The lowest BCUT2D eigenvalue weighted by Crippen LogP contribution is -2.51. The topological polar surface area (TPSA) is 62.7 Å². The van der Waals surface area contributed by atoms with Crippen molar-refractivity contribution in [2.24, 2.45) is 5.92 Å². The molecule has 2 aromatic rings. The molecule has 5 nitrogen and oxygen atoms in total. The molecule has 0 unspecified atom stereocenters. The van der Waals surface area contributed by atoms with E-state index in [4.69, 9.17) is 4.74 Å². The van der Waals surface area contributed by atoms with Gasteiger partial charge in [-0.2, -0.15) is 0 Å². The Balaban J connectivity index is 1.34. The van der Waals surface area contributed by atoms with Gasteiger partial charge in [0.2, 0.25) is 5.88 Å². The van der Waals surface area contributed by atoms with E-state index < -0.39 is 6.67 Å². The van der Waals surface area contributed by atoms with Gasteiger partial charge in [0, 0.05) is 36.2 Å². The number of fused-ring (bicyclic) bond motifs is 1. The maximum absolute atomic E-state index is 12.8. The number of benzene rings is 1. The Bertz CT molecular complexity index is 834. The van der Waals surface area contributed by atoms with Crippen LogP contribution in [0.3, 0.4) is 0 Å². The number of piperidine rings is 1. The van der Waals surface area contributed by atoms with Gasteiger partial charge in [0.15, 0.2) is 5.78 Å². The van der Waals surface area contributed by atoms with Crippen LogP contribution in [0.2, 0.25) is 0 Å². The van der Waals surface area contributed by atoms with Crippen molar-refractivity contribution in [1.82, 2.24) is 9.88 Å². The number of likely N-dealkylation sites (tertiary alicyclic amines) is 1. The molecule has 1 N–H and O–H groups in total. The standard InChI is InChI=1S/C23H27FN2O3/c24-9-12-29-22-6-5-19(15-25-22)23(28)16-7-10-26(11-8-16)20-13-17-3-1-2-4-18(17)14-21(20)27/h1-6,15-16,20-21,27H,7-14H2/t20-,21-/m1/s1. The first-order chi connectivity index (χ1) is 14.2. The molecule has 0 bridgehead atoms. The highest BCUT2D eigenvalue weighted by molar-refractivity contribution is 5.97. The van der Waals surface area contributed by atoms with Gasteiger partial charge >= 0.3 is 0 Å². The fourth-order valence-corrected chi connectivity index (χ4v) is 4.53. The quantitative estimate of drug-likeness (QED) is 0.758. The number of hydrogen-bond donors (Lipinski definition) is 1. The fourth-order valence-electron chi connectivity index (χ4n) is 4.53. The number of rotatable bonds is 6. The van der Waals surface area contributed by atoms with Gasteiger partial charge < -0.3 is 9.84 Å². The summed E-state index contributed by atoms with van der Waals surface area (Å²) in [5, 5.41) is 10.7. The minimum atomic E-state index is -0.567. The predicted octanol–water partition coefficient (Wildman–Crippen LogP) is 2.85. The number of aliphatic hydroxyl groups is 1. The molecule has 1 aliphatic heterocycles. The lowest BCUT2D eigenvalue weighted by molar-refractivity contribution is 0.0239. The van der Waals surface area contributed by atoms with Crippen LogP contribution in [0, 0.1) is 5.92 Å². The second kappa shape index (κ2) is 9.01. The number of nitrogens with zero attached hydrogens (tertiary/aromatic N) is 2. The largest absolute Gasteiger partial charge is 0.475 e. The molecule has 1 saturated heterocycles. The van der Waals surface area contributed by atoms with E-state index in [0.717, 1.165) is 32.4 Å². The lowest BCUT2D eigenvalue weighted by atomic mass is 9.83. The molecule has 1 aromatic carbocycles. The van der Waals surface area contributed by atoms with Gasteiger partial charge in [-0.05, 0) is 49.5 Å². The Morgan fingerprint density at radius 1 is 1.14 bits per heavy atom. The molecule has 0 spiro atoms. The molecule has 1 fully saturated rings. The maximum atomic E-state index is 12.8. The number of carbonyl (C=O) groups is 1. The van der Waals surface area contributed by atoms with Gasteiger partial charge in [-0.15, -0.1) is 0 Å². The Kier molecular flexibility index (Phi) is 6.21. The van der Waals surface area contributed by atoms with Crippen molar-refractivity contribution in [2.45, 2.75) is 37.8 Å². The van der Waals surface area contributed by atoms with Crippen molar-refractivity contribution in [3.63, 3.8) is 0 Å². The molecule has 0 radical (unpaired) electrons. The number of aromatic nitrogens is 1. The van der Waals surface area contributed by atoms with E-state index in [1.165, 1.54) is 17.3 Å². The summed E-state index contributed by atoms with van der Waals surface area (Å²) in [6.45, 7) is 1.02. The van der Waals surface area contributed by atoms with Crippen LogP contribution in [-0.4, -0.2) is 59.3 Å². The molecular formula is C23H27FN2O3. The van der Waals surface area contributed by atoms with E-state index in [1.54, 1.807) is 12.1 Å². The van der Waals surface area contributed by atoms with E-state index in [1.807, 2.05) is 6.07 Å². The summed E-state index contributed by atoms with van der Waals surface area (Å²) in [5.74, 6) is 0.406. The molecule has 0 amide bonds. The van der Waals surface area contributed by atoms with Crippen molar-refractivity contribution >= 4 is 5.78 Å². The first kappa shape index (κ1) is 20.0. The Labute approximate surface area is 170 Å². The number of carbonyl (C=O) groups excluding carboxylic acids is 1. The van der Waals surface area contributed by atoms with Crippen LogP contribution in [0.4, 0.5) is 4.39 Å². The number of ketones is 1. The van der Waals surface area contributed by atoms with Gasteiger partial charge in [-0.3, -0.25) is 9.69 Å². The third kappa shape index (κ3) is 4.49. The van der Waals surface area contributed by atoms with Gasteiger partial charge in [0.1, 0.15) is 13.3 Å². The van der Waals surface area contributed by atoms with Crippen LogP contribution < -0.4 is 4.74 Å². The molecule has 1 aromatic heterocycles. The van der Waals surface area contributed by atoms with Crippen molar-refractivity contribution < 1.29 is 19.0 Å². The molecule has 2 aliphatic rings. The number of aliphatic hydroxyl groups excluding tert-OH is 1. The average molecular weight is 398 g/mol. The van der Waals surface area contributed by atoms with Crippen LogP contribution in [0.5, 0.6) is 5.88 Å². The van der Waals surface area contributed by atoms with Crippen molar-refractivity contribution in [2.75, 3.05) is 26.4 Å². The highest BCUT2D eigenvalue weighted by atomic mass is 19.1. The van der Waals surface area contributed by atoms with Crippen molar-refractivity contribution in [3.8, 4) is 5.88 Å². The minimum absolute atomic E-state index is 0.0290. The van der Waals surface area contributed by atoms with E-state index in [2.05, 4.69) is 28.1 Å². The summed E-state index contributed by atoms with van der Waals surface area (Å²) >= 11 is 0. The van der Waals surface area contributed by atoms with E-state index >= 15 is 0 Å². The van der Waals surface area contributed by atoms with Crippen LogP contribution in [-0.2, 0) is 12.8 Å². The number of ether oxygens (including phenoxy) is 1.